The van der Waals surface area contributed by atoms with E-state index in [2.05, 4.69) is 42.8 Å². The van der Waals surface area contributed by atoms with Gasteiger partial charge in [0.25, 0.3) is 0 Å². The molecule has 0 aromatic rings. The fraction of sp³-hybridized carbons (Fsp3) is 0.778. The Balaban J connectivity index is 3.49. The Morgan fingerprint density at radius 1 is 1.50 bits per heavy atom. The van der Waals surface area contributed by atoms with E-state index < -0.39 is 0 Å². The lowest BCUT2D eigenvalue weighted by Gasteiger charge is -2.03. The highest BCUT2D eigenvalue weighted by Gasteiger charge is 1.93. The summed E-state index contributed by atoms with van der Waals surface area (Å²) in [6, 6.07) is 0. The number of hydrogen-bond acceptors (Lipinski definition) is 0. The summed E-state index contributed by atoms with van der Waals surface area (Å²) in [5.74, 6) is 0.798. The van der Waals surface area contributed by atoms with Gasteiger partial charge in [-0.3, -0.25) is 0 Å². The molecule has 0 N–H and O–H groups in total. The van der Waals surface area contributed by atoms with Crippen LogP contribution in [0.4, 0.5) is 0 Å². The molecule has 0 aliphatic carbocycles. The maximum absolute atomic E-state index is 3.40. The standard InChI is InChI=1S/C9H17Br/c1-8(2)7-9(3)5-4-6-10/h5,8H,4,6-7H2,1-3H3/b9-5+. The lowest BCUT2D eigenvalue weighted by molar-refractivity contribution is 0.641. The van der Waals surface area contributed by atoms with E-state index in [1.807, 2.05) is 0 Å². The third-order valence-electron chi connectivity index (χ3n) is 1.33. The van der Waals surface area contributed by atoms with Gasteiger partial charge in [-0.1, -0.05) is 41.4 Å². The Hall–Kier alpha value is 0.220. The Morgan fingerprint density at radius 3 is 2.50 bits per heavy atom. The van der Waals surface area contributed by atoms with E-state index in [9.17, 15) is 0 Å². The van der Waals surface area contributed by atoms with Gasteiger partial charge in [-0.2, -0.15) is 0 Å². The van der Waals surface area contributed by atoms with E-state index in [0.717, 1.165) is 11.2 Å². The fourth-order valence-electron chi connectivity index (χ4n) is 1.03. The molecule has 0 saturated heterocycles. The minimum absolute atomic E-state index is 0.798. The smallest absolute Gasteiger partial charge is 0.00660 e. The summed E-state index contributed by atoms with van der Waals surface area (Å²) < 4.78 is 0. The number of rotatable bonds is 4. The quantitative estimate of drug-likeness (QED) is 0.484. The van der Waals surface area contributed by atoms with Crippen molar-refractivity contribution in [1.29, 1.82) is 0 Å². The summed E-state index contributed by atoms with van der Waals surface area (Å²) in [7, 11) is 0. The van der Waals surface area contributed by atoms with Crippen molar-refractivity contribution >= 4 is 15.9 Å². The first-order valence-corrected chi connectivity index (χ1v) is 5.00. The highest BCUT2D eigenvalue weighted by Crippen LogP contribution is 2.10. The van der Waals surface area contributed by atoms with E-state index in [1.54, 1.807) is 0 Å². The third kappa shape index (κ3) is 6.34. The van der Waals surface area contributed by atoms with Gasteiger partial charge < -0.3 is 0 Å². The van der Waals surface area contributed by atoms with Crippen LogP contribution in [-0.4, -0.2) is 5.33 Å². The molecule has 0 aliphatic rings. The molecule has 1 heteroatoms. The molecule has 0 bridgehead atoms. The van der Waals surface area contributed by atoms with Gasteiger partial charge in [-0.15, -0.1) is 0 Å². The van der Waals surface area contributed by atoms with Gasteiger partial charge in [-0.25, -0.2) is 0 Å². The molecular formula is C9H17Br. The summed E-state index contributed by atoms with van der Waals surface area (Å²) in [6.07, 6.45) is 4.72. The number of halogens is 1. The molecular weight excluding hydrogens is 188 g/mol. The summed E-state index contributed by atoms with van der Waals surface area (Å²) in [5, 5.41) is 1.09. The lowest BCUT2D eigenvalue weighted by atomic mass is 10.0. The van der Waals surface area contributed by atoms with Gasteiger partial charge in [0.2, 0.25) is 0 Å². The van der Waals surface area contributed by atoms with Gasteiger partial charge >= 0.3 is 0 Å². The molecule has 0 amide bonds. The van der Waals surface area contributed by atoms with Crippen LogP contribution in [0.25, 0.3) is 0 Å². The highest BCUT2D eigenvalue weighted by atomic mass is 79.9. The van der Waals surface area contributed by atoms with Gasteiger partial charge in [-0.05, 0) is 25.7 Å². The second-order valence-corrected chi connectivity index (χ2v) is 3.92. The second-order valence-electron chi connectivity index (χ2n) is 3.13. The minimum atomic E-state index is 0.798. The highest BCUT2D eigenvalue weighted by molar-refractivity contribution is 9.09. The van der Waals surface area contributed by atoms with E-state index >= 15 is 0 Å². The molecule has 0 fully saturated rings. The van der Waals surface area contributed by atoms with Crippen LogP contribution in [0.5, 0.6) is 0 Å². The molecule has 0 rings (SSSR count). The lowest BCUT2D eigenvalue weighted by Crippen LogP contribution is -1.87. The van der Waals surface area contributed by atoms with Gasteiger partial charge in [0, 0.05) is 5.33 Å². The molecule has 0 aromatic carbocycles. The van der Waals surface area contributed by atoms with E-state index in [4.69, 9.17) is 0 Å². The summed E-state index contributed by atoms with van der Waals surface area (Å²) in [4.78, 5) is 0. The monoisotopic (exact) mass is 204 g/mol. The Morgan fingerprint density at radius 2 is 2.10 bits per heavy atom. The van der Waals surface area contributed by atoms with Crippen LogP contribution in [0.15, 0.2) is 11.6 Å². The summed E-state index contributed by atoms with van der Waals surface area (Å²) in [6.45, 7) is 6.72. The Labute approximate surface area is 72.8 Å². The zero-order valence-corrected chi connectivity index (χ0v) is 8.74. The van der Waals surface area contributed by atoms with Gasteiger partial charge in [0.1, 0.15) is 0 Å². The van der Waals surface area contributed by atoms with E-state index in [1.165, 1.54) is 18.4 Å². The van der Waals surface area contributed by atoms with E-state index in [0.29, 0.717) is 0 Å². The zero-order chi connectivity index (χ0) is 7.98. The SMILES string of the molecule is C/C(=C\CCBr)CC(C)C. The molecule has 0 radical (unpaired) electrons. The van der Waals surface area contributed by atoms with Crippen molar-refractivity contribution in [1.82, 2.24) is 0 Å². The molecule has 0 heterocycles. The second kappa shape index (κ2) is 5.96. The molecule has 0 aliphatic heterocycles. The number of allylic oxidation sites excluding steroid dienone is 2. The fourth-order valence-corrected chi connectivity index (χ4v) is 1.26. The first-order valence-electron chi connectivity index (χ1n) is 3.88. The number of alkyl halides is 1. The summed E-state index contributed by atoms with van der Waals surface area (Å²) >= 11 is 3.40. The topological polar surface area (TPSA) is 0 Å². The average molecular weight is 205 g/mol. The van der Waals surface area contributed by atoms with Crippen LogP contribution >= 0.6 is 15.9 Å². The normalized spacial score (nSPS) is 12.7. The van der Waals surface area contributed by atoms with Crippen LogP contribution in [0.3, 0.4) is 0 Å². The third-order valence-corrected chi connectivity index (χ3v) is 1.79. The maximum Gasteiger partial charge on any atom is 0.00660 e. The first kappa shape index (κ1) is 10.2. The van der Waals surface area contributed by atoms with Crippen LogP contribution in [0.1, 0.15) is 33.6 Å². The Bertz CT molecular complexity index is 103. The molecule has 60 valence electrons. The predicted molar refractivity (Wildman–Crippen MR) is 51.6 cm³/mol. The molecule has 0 atom stereocenters. The molecule has 10 heavy (non-hydrogen) atoms. The van der Waals surface area contributed by atoms with Crippen LogP contribution < -0.4 is 0 Å². The van der Waals surface area contributed by atoms with Gasteiger partial charge in [0.15, 0.2) is 0 Å². The van der Waals surface area contributed by atoms with Crippen molar-refractivity contribution < 1.29 is 0 Å². The average Bonchev–Trinajstić information content (AvgIpc) is 1.82. The molecule has 0 spiro atoms. The Kier molecular flexibility index (Phi) is 6.10. The minimum Gasteiger partial charge on any atom is -0.0925 e. The molecule has 0 aromatic heterocycles. The van der Waals surface area contributed by atoms with Crippen LogP contribution in [0.2, 0.25) is 0 Å². The molecule has 0 unspecified atom stereocenters. The van der Waals surface area contributed by atoms with E-state index in [-0.39, 0.29) is 0 Å². The van der Waals surface area contributed by atoms with Crippen molar-refractivity contribution in [3.8, 4) is 0 Å². The van der Waals surface area contributed by atoms with Crippen molar-refractivity contribution in [3.63, 3.8) is 0 Å². The predicted octanol–water partition coefficient (Wildman–Crippen LogP) is 3.76. The van der Waals surface area contributed by atoms with Crippen LogP contribution in [-0.2, 0) is 0 Å². The zero-order valence-electron chi connectivity index (χ0n) is 7.15. The van der Waals surface area contributed by atoms with Crippen molar-refractivity contribution in [2.75, 3.05) is 5.33 Å². The van der Waals surface area contributed by atoms with Crippen molar-refractivity contribution in [3.05, 3.63) is 11.6 Å². The van der Waals surface area contributed by atoms with Crippen LogP contribution in [0, 0.1) is 5.92 Å². The molecule has 0 nitrogen and oxygen atoms in total. The first-order chi connectivity index (χ1) is 4.66. The summed E-state index contributed by atoms with van der Waals surface area (Å²) in [5.41, 5.74) is 1.52. The molecule has 0 saturated carbocycles. The number of hydrogen-bond donors (Lipinski definition) is 0. The maximum atomic E-state index is 3.40. The largest absolute Gasteiger partial charge is 0.0925 e. The van der Waals surface area contributed by atoms with Gasteiger partial charge in [0.05, 0.1) is 0 Å². The van der Waals surface area contributed by atoms with Crippen molar-refractivity contribution in [2.24, 2.45) is 5.92 Å². The van der Waals surface area contributed by atoms with Crippen molar-refractivity contribution in [2.45, 2.75) is 33.6 Å².